The average Bonchev–Trinajstić information content (AvgIpc) is 2.86. The van der Waals surface area contributed by atoms with Crippen LogP contribution < -0.4 is 15.4 Å². The van der Waals surface area contributed by atoms with Crippen LogP contribution in [0, 0.1) is 0 Å². The molecule has 2 aromatic rings. The van der Waals surface area contributed by atoms with E-state index in [1.807, 2.05) is 42.1 Å². The average molecular weight is 260 g/mol. The number of anilines is 2. The zero-order valence-corrected chi connectivity index (χ0v) is 11.4. The van der Waals surface area contributed by atoms with E-state index in [9.17, 15) is 0 Å². The fourth-order valence-electron chi connectivity index (χ4n) is 2.05. The molecule has 0 radical (unpaired) electrons. The number of hydrogen-bond acceptors (Lipinski definition) is 4. The van der Waals surface area contributed by atoms with Crippen LogP contribution in [0.5, 0.6) is 5.75 Å². The van der Waals surface area contributed by atoms with E-state index < -0.39 is 0 Å². The van der Waals surface area contributed by atoms with Gasteiger partial charge >= 0.3 is 0 Å². The SMILES string of the molecule is COc1ccccc1N(CCCN)c1nccn1C. The summed E-state index contributed by atoms with van der Waals surface area (Å²) in [5.41, 5.74) is 6.64. The molecule has 0 aliphatic carbocycles. The molecule has 0 fully saturated rings. The highest BCUT2D eigenvalue weighted by molar-refractivity contribution is 5.65. The molecule has 0 saturated carbocycles. The summed E-state index contributed by atoms with van der Waals surface area (Å²) in [6.45, 7) is 1.46. The van der Waals surface area contributed by atoms with Crippen molar-refractivity contribution in [3.05, 3.63) is 36.7 Å². The fraction of sp³-hybridized carbons (Fsp3) is 0.357. The summed E-state index contributed by atoms with van der Waals surface area (Å²) in [6, 6.07) is 7.94. The van der Waals surface area contributed by atoms with Crippen molar-refractivity contribution in [2.24, 2.45) is 12.8 Å². The fourth-order valence-corrected chi connectivity index (χ4v) is 2.05. The van der Waals surface area contributed by atoms with Gasteiger partial charge in [-0.1, -0.05) is 12.1 Å². The molecule has 0 unspecified atom stereocenters. The van der Waals surface area contributed by atoms with Crippen LogP contribution in [0.2, 0.25) is 0 Å². The van der Waals surface area contributed by atoms with Gasteiger partial charge in [-0.25, -0.2) is 4.98 Å². The lowest BCUT2D eigenvalue weighted by Crippen LogP contribution is -2.24. The Labute approximate surface area is 113 Å². The van der Waals surface area contributed by atoms with Gasteiger partial charge in [0.1, 0.15) is 5.75 Å². The van der Waals surface area contributed by atoms with Crippen LogP contribution in [-0.2, 0) is 7.05 Å². The quantitative estimate of drug-likeness (QED) is 0.862. The molecule has 5 nitrogen and oxygen atoms in total. The molecule has 0 aliphatic heterocycles. The highest BCUT2D eigenvalue weighted by atomic mass is 16.5. The second kappa shape index (κ2) is 6.24. The summed E-state index contributed by atoms with van der Waals surface area (Å²) in [5.74, 6) is 1.72. The van der Waals surface area contributed by atoms with Crippen molar-refractivity contribution in [3.8, 4) is 5.75 Å². The largest absolute Gasteiger partial charge is 0.495 e. The van der Waals surface area contributed by atoms with Gasteiger partial charge in [0, 0.05) is 26.0 Å². The summed E-state index contributed by atoms with van der Waals surface area (Å²) in [7, 11) is 3.66. The van der Waals surface area contributed by atoms with E-state index in [0.29, 0.717) is 6.54 Å². The second-order valence-corrected chi connectivity index (χ2v) is 4.30. The van der Waals surface area contributed by atoms with E-state index in [1.54, 1.807) is 13.3 Å². The number of rotatable bonds is 6. The minimum absolute atomic E-state index is 0.649. The minimum atomic E-state index is 0.649. The number of nitrogens with two attached hydrogens (primary N) is 1. The summed E-state index contributed by atoms with van der Waals surface area (Å²) < 4.78 is 7.42. The molecule has 102 valence electrons. The van der Waals surface area contributed by atoms with Gasteiger partial charge in [0.25, 0.3) is 0 Å². The lowest BCUT2D eigenvalue weighted by molar-refractivity contribution is 0.415. The second-order valence-electron chi connectivity index (χ2n) is 4.30. The van der Waals surface area contributed by atoms with Gasteiger partial charge in [-0.2, -0.15) is 0 Å². The van der Waals surface area contributed by atoms with Crippen LogP contribution >= 0.6 is 0 Å². The number of ether oxygens (including phenoxy) is 1. The third kappa shape index (κ3) is 2.88. The predicted octanol–water partition coefficient (Wildman–Crippen LogP) is 1.92. The van der Waals surface area contributed by atoms with Crippen molar-refractivity contribution in [1.82, 2.24) is 9.55 Å². The molecule has 19 heavy (non-hydrogen) atoms. The van der Waals surface area contributed by atoms with Gasteiger partial charge in [-0.15, -0.1) is 0 Å². The molecule has 0 atom stereocenters. The van der Waals surface area contributed by atoms with Crippen LogP contribution in [0.4, 0.5) is 11.6 Å². The molecule has 0 spiro atoms. The Morgan fingerprint density at radius 2 is 2.16 bits per heavy atom. The summed E-state index contributed by atoms with van der Waals surface area (Å²) in [5, 5.41) is 0. The monoisotopic (exact) mass is 260 g/mol. The summed E-state index contributed by atoms with van der Waals surface area (Å²) in [6.07, 6.45) is 4.62. The summed E-state index contributed by atoms with van der Waals surface area (Å²) in [4.78, 5) is 6.54. The maximum absolute atomic E-state index is 5.63. The van der Waals surface area contributed by atoms with Crippen LogP contribution in [0.15, 0.2) is 36.7 Å². The van der Waals surface area contributed by atoms with E-state index in [-0.39, 0.29) is 0 Å². The van der Waals surface area contributed by atoms with Gasteiger partial charge in [0.05, 0.1) is 12.8 Å². The Bertz CT molecular complexity index is 524. The number of methoxy groups -OCH3 is 1. The van der Waals surface area contributed by atoms with Crippen molar-refractivity contribution >= 4 is 11.6 Å². The topological polar surface area (TPSA) is 56.3 Å². The molecule has 1 aromatic heterocycles. The first-order valence-electron chi connectivity index (χ1n) is 6.36. The first-order chi connectivity index (χ1) is 9.27. The van der Waals surface area contributed by atoms with E-state index in [2.05, 4.69) is 9.88 Å². The van der Waals surface area contributed by atoms with E-state index in [0.717, 1.165) is 30.4 Å². The number of hydrogen-bond donors (Lipinski definition) is 1. The van der Waals surface area contributed by atoms with Gasteiger partial charge in [-0.05, 0) is 25.1 Å². The number of para-hydroxylation sites is 2. The first-order valence-corrected chi connectivity index (χ1v) is 6.36. The maximum atomic E-state index is 5.63. The molecular formula is C14H20N4O. The standard InChI is InChI=1S/C14H20N4O/c1-17-11-9-16-14(17)18(10-5-8-15)12-6-3-4-7-13(12)19-2/h3-4,6-7,9,11H,5,8,10,15H2,1-2H3. The molecule has 0 bridgehead atoms. The Hall–Kier alpha value is -2.01. The van der Waals surface area contributed by atoms with Crippen LogP contribution in [-0.4, -0.2) is 29.8 Å². The Morgan fingerprint density at radius 3 is 2.79 bits per heavy atom. The Kier molecular flexibility index (Phi) is 4.41. The number of nitrogens with zero attached hydrogens (tertiary/aromatic N) is 3. The van der Waals surface area contributed by atoms with Gasteiger partial charge in [-0.3, -0.25) is 0 Å². The van der Waals surface area contributed by atoms with E-state index in [4.69, 9.17) is 10.5 Å². The molecule has 1 heterocycles. The van der Waals surface area contributed by atoms with Crippen molar-refractivity contribution in [3.63, 3.8) is 0 Å². The number of benzene rings is 1. The summed E-state index contributed by atoms with van der Waals surface area (Å²) >= 11 is 0. The van der Waals surface area contributed by atoms with Gasteiger partial charge in [0.15, 0.2) is 0 Å². The van der Waals surface area contributed by atoms with E-state index >= 15 is 0 Å². The maximum Gasteiger partial charge on any atom is 0.209 e. The third-order valence-corrected chi connectivity index (χ3v) is 3.00. The normalized spacial score (nSPS) is 10.5. The highest BCUT2D eigenvalue weighted by Crippen LogP contribution is 2.32. The van der Waals surface area contributed by atoms with Crippen LogP contribution in [0.3, 0.4) is 0 Å². The number of imidazole rings is 1. The highest BCUT2D eigenvalue weighted by Gasteiger charge is 2.16. The third-order valence-electron chi connectivity index (χ3n) is 3.00. The predicted molar refractivity (Wildman–Crippen MR) is 76.9 cm³/mol. The van der Waals surface area contributed by atoms with Crippen LogP contribution in [0.1, 0.15) is 6.42 Å². The lowest BCUT2D eigenvalue weighted by atomic mass is 10.2. The van der Waals surface area contributed by atoms with Crippen molar-refractivity contribution < 1.29 is 4.74 Å². The van der Waals surface area contributed by atoms with E-state index in [1.165, 1.54) is 0 Å². The molecule has 2 rings (SSSR count). The molecule has 0 amide bonds. The van der Waals surface area contributed by atoms with Gasteiger partial charge < -0.3 is 19.9 Å². The molecule has 0 aliphatic rings. The lowest BCUT2D eigenvalue weighted by Gasteiger charge is -2.25. The van der Waals surface area contributed by atoms with Crippen molar-refractivity contribution in [2.45, 2.75) is 6.42 Å². The molecule has 1 aromatic carbocycles. The van der Waals surface area contributed by atoms with Gasteiger partial charge in [0.2, 0.25) is 5.95 Å². The molecule has 2 N–H and O–H groups in total. The van der Waals surface area contributed by atoms with Crippen LogP contribution in [0.25, 0.3) is 0 Å². The molecule has 0 saturated heterocycles. The van der Waals surface area contributed by atoms with Crippen molar-refractivity contribution in [2.75, 3.05) is 25.1 Å². The molecule has 5 heteroatoms. The first kappa shape index (κ1) is 13.4. The zero-order valence-electron chi connectivity index (χ0n) is 11.4. The Balaban J connectivity index is 2.40. The number of aromatic nitrogens is 2. The molecular weight excluding hydrogens is 240 g/mol. The Morgan fingerprint density at radius 1 is 1.37 bits per heavy atom. The van der Waals surface area contributed by atoms with Crippen molar-refractivity contribution in [1.29, 1.82) is 0 Å². The smallest absolute Gasteiger partial charge is 0.209 e. The minimum Gasteiger partial charge on any atom is -0.495 e. The zero-order chi connectivity index (χ0) is 13.7. The number of aryl methyl sites for hydroxylation is 1.